The number of fused-ring (bicyclic) bond motifs is 1. The van der Waals surface area contributed by atoms with Crippen LogP contribution in [0.4, 0.5) is 4.39 Å². The average Bonchev–Trinajstić information content (AvgIpc) is 2.95. The van der Waals surface area contributed by atoms with E-state index in [0.29, 0.717) is 13.1 Å². The van der Waals surface area contributed by atoms with E-state index in [9.17, 15) is 9.50 Å². The molecule has 0 saturated carbocycles. The topological polar surface area (TPSA) is 31.6 Å². The highest BCUT2D eigenvalue weighted by atomic mass is 19.1. The molecule has 0 bridgehead atoms. The summed E-state index contributed by atoms with van der Waals surface area (Å²) in [4.78, 5) is 4.82. The molecule has 2 heterocycles. The second-order valence-electron chi connectivity index (χ2n) is 8.20. The number of aryl methyl sites for hydroxylation is 1. The van der Waals surface area contributed by atoms with Gasteiger partial charge in [0.05, 0.1) is 12.6 Å². The van der Waals surface area contributed by atoms with E-state index >= 15 is 0 Å². The van der Waals surface area contributed by atoms with Crippen LogP contribution in [0.2, 0.25) is 0 Å². The number of β-amino-alcohol motifs (C(OH)–C–C–N with tert-alkyl or cyclic N) is 1. The predicted octanol–water partition coefficient (Wildman–Crippen LogP) is 3.58. The first kappa shape index (κ1) is 20.1. The van der Waals surface area contributed by atoms with Crippen LogP contribution in [0, 0.1) is 19.7 Å². The molecule has 1 unspecified atom stereocenters. The fourth-order valence-electron chi connectivity index (χ4n) is 4.40. The minimum Gasteiger partial charge on any atom is -0.390 e. The molecular weight excluding hydrogens is 365 g/mol. The maximum absolute atomic E-state index is 13.6. The van der Waals surface area contributed by atoms with Gasteiger partial charge in [-0.15, -0.1) is 0 Å². The second-order valence-corrected chi connectivity index (χ2v) is 8.20. The minimum atomic E-state index is -0.450. The van der Waals surface area contributed by atoms with Crippen LogP contribution in [-0.4, -0.2) is 58.3 Å². The standard InChI is InChI=1S/C24H30FN3O/c1-18-19(2)28(24-9-8-21(25)14-23(18)24)17-22(29)16-27-12-10-26(11-13-27)15-20-6-4-3-5-7-20/h3-9,14,22,29H,10-13,15-17H2,1-2H3. The quantitative estimate of drug-likeness (QED) is 0.692. The summed E-state index contributed by atoms with van der Waals surface area (Å²) in [6, 6.07) is 15.5. The Balaban J connectivity index is 1.33. The molecule has 29 heavy (non-hydrogen) atoms. The van der Waals surface area contributed by atoms with E-state index in [1.807, 2.05) is 19.9 Å². The van der Waals surface area contributed by atoms with Crippen LogP contribution in [0.15, 0.2) is 48.5 Å². The number of halogens is 1. The lowest BCUT2D eigenvalue weighted by atomic mass is 10.1. The van der Waals surface area contributed by atoms with E-state index in [-0.39, 0.29) is 5.82 Å². The Labute approximate surface area is 172 Å². The van der Waals surface area contributed by atoms with E-state index in [1.54, 1.807) is 6.07 Å². The summed E-state index contributed by atoms with van der Waals surface area (Å²) in [5.41, 5.74) is 4.52. The van der Waals surface area contributed by atoms with Gasteiger partial charge in [0.1, 0.15) is 5.82 Å². The highest BCUT2D eigenvalue weighted by Crippen LogP contribution is 2.26. The van der Waals surface area contributed by atoms with Crippen LogP contribution in [0.1, 0.15) is 16.8 Å². The summed E-state index contributed by atoms with van der Waals surface area (Å²) < 4.78 is 15.8. The number of aliphatic hydroxyl groups is 1. The summed E-state index contributed by atoms with van der Waals surface area (Å²) in [5, 5.41) is 11.7. The van der Waals surface area contributed by atoms with Gasteiger partial charge < -0.3 is 9.67 Å². The van der Waals surface area contributed by atoms with Crippen molar-refractivity contribution >= 4 is 10.9 Å². The number of rotatable bonds is 6. The number of hydrogen-bond donors (Lipinski definition) is 1. The predicted molar refractivity (Wildman–Crippen MR) is 116 cm³/mol. The van der Waals surface area contributed by atoms with Crippen molar-refractivity contribution in [2.45, 2.75) is 33.0 Å². The van der Waals surface area contributed by atoms with Crippen LogP contribution in [0.5, 0.6) is 0 Å². The van der Waals surface area contributed by atoms with Gasteiger partial charge in [0, 0.05) is 55.9 Å². The van der Waals surface area contributed by atoms with Crippen molar-refractivity contribution in [3.63, 3.8) is 0 Å². The molecular formula is C24H30FN3O. The SMILES string of the molecule is Cc1c(C)n(CC(O)CN2CCN(Cc3ccccc3)CC2)c2ccc(F)cc12. The Hall–Kier alpha value is -2.21. The molecule has 1 aliphatic heterocycles. The third kappa shape index (κ3) is 4.53. The van der Waals surface area contributed by atoms with Gasteiger partial charge in [-0.05, 0) is 43.2 Å². The molecule has 1 atom stereocenters. The molecule has 5 heteroatoms. The number of benzene rings is 2. The van der Waals surface area contributed by atoms with Gasteiger partial charge in [0.25, 0.3) is 0 Å². The van der Waals surface area contributed by atoms with E-state index in [2.05, 4.69) is 44.7 Å². The molecule has 1 aliphatic rings. The summed E-state index contributed by atoms with van der Waals surface area (Å²) in [7, 11) is 0. The van der Waals surface area contributed by atoms with Crippen molar-refractivity contribution in [3.8, 4) is 0 Å². The molecule has 4 rings (SSSR count). The van der Waals surface area contributed by atoms with Gasteiger partial charge in [-0.1, -0.05) is 30.3 Å². The van der Waals surface area contributed by atoms with Crippen LogP contribution >= 0.6 is 0 Å². The third-order valence-electron chi connectivity index (χ3n) is 6.18. The van der Waals surface area contributed by atoms with Gasteiger partial charge >= 0.3 is 0 Å². The molecule has 0 spiro atoms. The second kappa shape index (κ2) is 8.66. The minimum absolute atomic E-state index is 0.216. The Kier molecular flexibility index (Phi) is 5.99. The number of hydrogen-bond acceptors (Lipinski definition) is 3. The molecule has 0 amide bonds. The molecule has 154 valence electrons. The number of nitrogens with zero attached hydrogens (tertiary/aromatic N) is 3. The lowest BCUT2D eigenvalue weighted by molar-refractivity contribution is 0.0626. The number of piperazine rings is 1. The van der Waals surface area contributed by atoms with Crippen molar-refractivity contribution in [2.75, 3.05) is 32.7 Å². The monoisotopic (exact) mass is 395 g/mol. The van der Waals surface area contributed by atoms with Gasteiger partial charge in [-0.2, -0.15) is 0 Å². The molecule has 4 nitrogen and oxygen atoms in total. The van der Waals surface area contributed by atoms with Crippen molar-refractivity contribution in [3.05, 3.63) is 71.2 Å². The molecule has 1 saturated heterocycles. The van der Waals surface area contributed by atoms with Crippen molar-refractivity contribution < 1.29 is 9.50 Å². The van der Waals surface area contributed by atoms with Crippen LogP contribution in [0.25, 0.3) is 10.9 Å². The van der Waals surface area contributed by atoms with Crippen molar-refractivity contribution in [1.82, 2.24) is 14.4 Å². The third-order valence-corrected chi connectivity index (χ3v) is 6.18. The zero-order valence-electron chi connectivity index (χ0n) is 17.3. The van der Waals surface area contributed by atoms with Crippen LogP contribution in [0.3, 0.4) is 0 Å². The van der Waals surface area contributed by atoms with Gasteiger partial charge in [-0.3, -0.25) is 9.80 Å². The summed E-state index contributed by atoms with van der Waals surface area (Å²) in [5.74, 6) is -0.216. The zero-order valence-corrected chi connectivity index (χ0v) is 17.3. The molecule has 1 aromatic heterocycles. The molecule has 0 aliphatic carbocycles. The molecule has 0 radical (unpaired) electrons. The van der Waals surface area contributed by atoms with E-state index in [1.165, 1.54) is 11.6 Å². The van der Waals surface area contributed by atoms with E-state index in [0.717, 1.165) is 54.9 Å². The first-order valence-electron chi connectivity index (χ1n) is 10.4. The van der Waals surface area contributed by atoms with Gasteiger partial charge in [-0.25, -0.2) is 4.39 Å². The fourth-order valence-corrected chi connectivity index (χ4v) is 4.40. The lowest BCUT2D eigenvalue weighted by Crippen LogP contribution is -2.48. The number of aliphatic hydroxyl groups excluding tert-OH is 1. The first-order valence-corrected chi connectivity index (χ1v) is 10.4. The fraction of sp³-hybridized carbons (Fsp3) is 0.417. The zero-order chi connectivity index (χ0) is 20.4. The molecule has 2 aromatic carbocycles. The molecule has 1 N–H and O–H groups in total. The maximum Gasteiger partial charge on any atom is 0.123 e. The van der Waals surface area contributed by atoms with E-state index in [4.69, 9.17) is 0 Å². The average molecular weight is 396 g/mol. The van der Waals surface area contributed by atoms with Crippen molar-refractivity contribution in [1.29, 1.82) is 0 Å². The van der Waals surface area contributed by atoms with E-state index < -0.39 is 6.10 Å². The summed E-state index contributed by atoms with van der Waals surface area (Å²) in [6.45, 7) is 10.2. The van der Waals surface area contributed by atoms with Gasteiger partial charge in [0.2, 0.25) is 0 Å². The first-order chi connectivity index (χ1) is 14.0. The van der Waals surface area contributed by atoms with Crippen molar-refractivity contribution in [2.24, 2.45) is 0 Å². The maximum atomic E-state index is 13.6. The van der Waals surface area contributed by atoms with Gasteiger partial charge in [0.15, 0.2) is 0 Å². The Morgan fingerprint density at radius 3 is 2.34 bits per heavy atom. The van der Waals surface area contributed by atoms with Crippen LogP contribution < -0.4 is 0 Å². The molecule has 3 aromatic rings. The lowest BCUT2D eigenvalue weighted by Gasteiger charge is -2.35. The summed E-state index contributed by atoms with van der Waals surface area (Å²) in [6.07, 6.45) is -0.450. The Bertz CT molecular complexity index is 961. The number of aromatic nitrogens is 1. The van der Waals surface area contributed by atoms with Crippen LogP contribution in [-0.2, 0) is 13.1 Å². The normalized spacial score (nSPS) is 17.1. The summed E-state index contributed by atoms with van der Waals surface area (Å²) >= 11 is 0. The molecule has 1 fully saturated rings. The smallest absolute Gasteiger partial charge is 0.123 e. The highest BCUT2D eigenvalue weighted by Gasteiger charge is 2.21. The largest absolute Gasteiger partial charge is 0.390 e. The Morgan fingerprint density at radius 1 is 0.931 bits per heavy atom. The Morgan fingerprint density at radius 2 is 1.62 bits per heavy atom. The highest BCUT2D eigenvalue weighted by molar-refractivity contribution is 5.85.